The summed E-state index contributed by atoms with van der Waals surface area (Å²) in [6.45, 7) is 5.78. The van der Waals surface area contributed by atoms with Crippen molar-refractivity contribution < 1.29 is 14.3 Å². The summed E-state index contributed by atoms with van der Waals surface area (Å²) in [7, 11) is 0. The van der Waals surface area contributed by atoms with Crippen molar-refractivity contribution in [3.05, 3.63) is 70.7 Å². The van der Waals surface area contributed by atoms with E-state index in [-0.39, 0.29) is 19.1 Å². The van der Waals surface area contributed by atoms with Crippen LogP contribution in [-0.2, 0) is 16.1 Å². The van der Waals surface area contributed by atoms with Crippen LogP contribution in [0.1, 0.15) is 32.7 Å². The Labute approximate surface area is 151 Å². The minimum Gasteiger partial charge on any atom is -0.458 e. The van der Waals surface area contributed by atoms with Gasteiger partial charge < -0.3 is 14.5 Å². The summed E-state index contributed by atoms with van der Waals surface area (Å²) in [5, 5.41) is 2.58. The van der Waals surface area contributed by atoms with Gasteiger partial charge in [-0.1, -0.05) is 12.1 Å². The zero-order chi connectivity index (χ0) is 18.7. The number of hydrogen-bond acceptors (Lipinski definition) is 4. The van der Waals surface area contributed by atoms with E-state index in [0.717, 1.165) is 22.3 Å². The van der Waals surface area contributed by atoms with Gasteiger partial charge in [0.05, 0.1) is 5.69 Å². The van der Waals surface area contributed by atoms with Crippen LogP contribution in [0.25, 0.3) is 5.65 Å². The van der Waals surface area contributed by atoms with Crippen LogP contribution in [0, 0.1) is 20.8 Å². The minimum absolute atomic E-state index is 0.0689. The van der Waals surface area contributed by atoms with E-state index in [0.29, 0.717) is 11.3 Å². The molecule has 6 heteroatoms. The third-order valence-electron chi connectivity index (χ3n) is 4.27. The first kappa shape index (κ1) is 17.7. The van der Waals surface area contributed by atoms with Gasteiger partial charge in [-0.2, -0.15) is 0 Å². The van der Waals surface area contributed by atoms with Crippen molar-refractivity contribution in [2.45, 2.75) is 27.4 Å². The Kier molecular flexibility index (Phi) is 5.02. The van der Waals surface area contributed by atoms with Crippen LogP contribution < -0.4 is 5.32 Å². The van der Waals surface area contributed by atoms with Crippen LogP contribution in [0.15, 0.2) is 42.7 Å². The van der Waals surface area contributed by atoms with Gasteiger partial charge >= 0.3 is 5.97 Å². The van der Waals surface area contributed by atoms with E-state index >= 15 is 0 Å². The van der Waals surface area contributed by atoms with Gasteiger partial charge in [0.2, 0.25) is 0 Å². The van der Waals surface area contributed by atoms with Crippen molar-refractivity contribution in [3.8, 4) is 0 Å². The Hall–Kier alpha value is -3.15. The smallest absolute Gasteiger partial charge is 0.325 e. The van der Waals surface area contributed by atoms with Crippen molar-refractivity contribution in [1.82, 2.24) is 14.7 Å². The molecular weight excluding hydrogens is 330 g/mol. The molecule has 26 heavy (non-hydrogen) atoms. The highest BCUT2D eigenvalue weighted by Crippen LogP contribution is 2.11. The quantitative estimate of drug-likeness (QED) is 0.718. The predicted molar refractivity (Wildman–Crippen MR) is 98.0 cm³/mol. The molecule has 0 atom stereocenters. The normalized spacial score (nSPS) is 10.7. The summed E-state index contributed by atoms with van der Waals surface area (Å²) < 4.78 is 7.09. The molecule has 1 amide bonds. The summed E-state index contributed by atoms with van der Waals surface area (Å²) in [6.07, 6.45) is 3.72. The fourth-order valence-corrected chi connectivity index (χ4v) is 2.62. The van der Waals surface area contributed by atoms with Crippen LogP contribution in [0.5, 0.6) is 0 Å². The largest absolute Gasteiger partial charge is 0.458 e. The summed E-state index contributed by atoms with van der Waals surface area (Å²) in [6, 6.07) is 9.33. The van der Waals surface area contributed by atoms with E-state index in [1.807, 2.05) is 55.8 Å². The zero-order valence-electron chi connectivity index (χ0n) is 15.1. The number of esters is 1. The first-order chi connectivity index (χ1) is 12.4. The van der Waals surface area contributed by atoms with Crippen LogP contribution in [0.2, 0.25) is 0 Å². The maximum atomic E-state index is 12.1. The Morgan fingerprint density at radius 1 is 1.12 bits per heavy atom. The topological polar surface area (TPSA) is 72.7 Å². The molecule has 3 rings (SSSR count). The number of nitrogens with one attached hydrogen (secondary N) is 1. The molecule has 2 aromatic heterocycles. The van der Waals surface area contributed by atoms with E-state index in [4.69, 9.17) is 4.74 Å². The number of aryl methyl sites for hydroxylation is 3. The Morgan fingerprint density at radius 3 is 2.65 bits per heavy atom. The molecule has 1 N–H and O–H groups in total. The second kappa shape index (κ2) is 7.39. The summed E-state index contributed by atoms with van der Waals surface area (Å²) in [4.78, 5) is 28.4. The van der Waals surface area contributed by atoms with Gasteiger partial charge in [-0.15, -0.1) is 0 Å². The number of aromatic nitrogens is 2. The zero-order valence-corrected chi connectivity index (χ0v) is 15.1. The second-order valence-electron chi connectivity index (χ2n) is 6.30. The molecule has 0 fully saturated rings. The van der Waals surface area contributed by atoms with Gasteiger partial charge in [0.15, 0.2) is 0 Å². The van der Waals surface area contributed by atoms with Crippen LogP contribution >= 0.6 is 0 Å². The van der Waals surface area contributed by atoms with Crippen LogP contribution in [0.4, 0.5) is 0 Å². The lowest BCUT2D eigenvalue weighted by Gasteiger charge is -2.07. The minimum atomic E-state index is -0.504. The van der Waals surface area contributed by atoms with Gasteiger partial charge in [-0.05, 0) is 55.7 Å². The average molecular weight is 351 g/mol. The Morgan fingerprint density at radius 2 is 1.92 bits per heavy atom. The molecule has 3 aromatic rings. The fraction of sp³-hybridized carbons (Fsp3) is 0.250. The summed E-state index contributed by atoms with van der Waals surface area (Å²) in [5.41, 5.74) is 5.21. The lowest BCUT2D eigenvalue weighted by atomic mass is 10.1. The van der Waals surface area contributed by atoms with Crippen molar-refractivity contribution in [3.63, 3.8) is 0 Å². The third-order valence-corrected chi connectivity index (χ3v) is 4.27. The first-order valence-electron chi connectivity index (χ1n) is 8.38. The van der Waals surface area contributed by atoms with E-state index in [2.05, 4.69) is 10.3 Å². The van der Waals surface area contributed by atoms with Gasteiger partial charge in [0, 0.05) is 18.0 Å². The lowest BCUT2D eigenvalue weighted by molar-refractivity contribution is -0.143. The highest BCUT2D eigenvalue weighted by molar-refractivity contribution is 5.96. The number of pyridine rings is 1. The highest BCUT2D eigenvalue weighted by Gasteiger charge is 2.11. The number of ether oxygens (including phenoxy) is 1. The van der Waals surface area contributed by atoms with E-state index < -0.39 is 5.97 Å². The number of hydrogen-bond donors (Lipinski definition) is 1. The number of rotatable bonds is 5. The first-order valence-corrected chi connectivity index (χ1v) is 8.38. The van der Waals surface area contributed by atoms with Crippen molar-refractivity contribution >= 4 is 17.5 Å². The number of imidazole rings is 1. The van der Waals surface area contributed by atoms with Crippen LogP contribution in [-0.4, -0.2) is 27.8 Å². The van der Waals surface area contributed by atoms with Crippen molar-refractivity contribution in [1.29, 1.82) is 0 Å². The molecule has 0 bridgehead atoms. The molecule has 0 aliphatic carbocycles. The summed E-state index contributed by atoms with van der Waals surface area (Å²) in [5.74, 6) is -0.802. The second-order valence-corrected chi connectivity index (χ2v) is 6.30. The number of nitrogens with zero attached hydrogens (tertiary/aromatic N) is 2. The van der Waals surface area contributed by atoms with E-state index in [1.165, 1.54) is 0 Å². The molecule has 134 valence electrons. The number of fused-ring (bicyclic) bond motifs is 1. The maximum absolute atomic E-state index is 12.1. The lowest BCUT2D eigenvalue weighted by Crippen LogP contribution is -2.30. The van der Waals surface area contributed by atoms with Gasteiger partial charge in [0.1, 0.15) is 18.8 Å². The SMILES string of the molecule is Cc1ccc(C(=O)NCC(=O)OCc2cn3cccc(C)c3n2)cc1C. The third kappa shape index (κ3) is 3.91. The molecule has 6 nitrogen and oxygen atoms in total. The predicted octanol–water partition coefficient (Wildman–Crippen LogP) is 2.73. The van der Waals surface area contributed by atoms with Gasteiger partial charge in [-0.3, -0.25) is 9.59 Å². The average Bonchev–Trinajstić information content (AvgIpc) is 3.05. The van der Waals surface area contributed by atoms with Crippen LogP contribution in [0.3, 0.4) is 0 Å². The molecule has 1 aromatic carbocycles. The number of carbonyl (C=O) groups excluding carboxylic acids is 2. The number of benzene rings is 1. The Bertz CT molecular complexity index is 976. The molecule has 0 saturated carbocycles. The van der Waals surface area contributed by atoms with Crippen molar-refractivity contribution in [2.24, 2.45) is 0 Å². The molecule has 0 spiro atoms. The Balaban J connectivity index is 1.52. The maximum Gasteiger partial charge on any atom is 0.325 e. The van der Waals surface area contributed by atoms with Gasteiger partial charge in [0.25, 0.3) is 5.91 Å². The molecule has 0 saturated heterocycles. The molecular formula is C20H21N3O3. The van der Waals surface area contributed by atoms with E-state index in [9.17, 15) is 9.59 Å². The molecule has 0 aliphatic rings. The summed E-state index contributed by atoms with van der Waals surface area (Å²) >= 11 is 0. The molecule has 0 radical (unpaired) electrons. The molecule has 0 aliphatic heterocycles. The fourth-order valence-electron chi connectivity index (χ4n) is 2.62. The van der Waals surface area contributed by atoms with Crippen molar-refractivity contribution in [2.75, 3.05) is 6.54 Å². The number of amides is 1. The molecule has 0 unspecified atom stereocenters. The number of carbonyl (C=O) groups is 2. The standard InChI is InChI=1S/C20H21N3O3/c1-13-6-7-16(9-15(13)3)20(25)21-10-18(24)26-12-17-11-23-8-4-5-14(2)19(23)22-17/h4-9,11H,10,12H2,1-3H3,(H,21,25). The van der Waals surface area contributed by atoms with E-state index in [1.54, 1.807) is 12.1 Å². The highest BCUT2D eigenvalue weighted by atomic mass is 16.5. The molecule has 2 heterocycles. The monoisotopic (exact) mass is 351 g/mol. The van der Waals surface area contributed by atoms with Gasteiger partial charge in [-0.25, -0.2) is 4.98 Å².